The molecule has 1 amide bonds. The van der Waals surface area contributed by atoms with Crippen molar-refractivity contribution in [1.29, 1.82) is 0 Å². The lowest BCUT2D eigenvalue weighted by Gasteiger charge is -2.05. The number of phenols is 1. The molecule has 1 aromatic rings. The number of halogens is 2. The average Bonchev–Trinajstić information content (AvgIpc) is 2.14. The van der Waals surface area contributed by atoms with Gasteiger partial charge in [0.2, 0.25) is 0 Å². The van der Waals surface area contributed by atoms with E-state index in [0.717, 1.165) is 12.1 Å². The van der Waals surface area contributed by atoms with Crippen molar-refractivity contribution in [3.63, 3.8) is 0 Å². The Bertz CT molecular complexity index is 406. The van der Waals surface area contributed by atoms with Gasteiger partial charge in [-0.25, -0.2) is 4.39 Å². The number of amides is 1. The number of hydrogen-bond donors (Lipinski definition) is 2. The van der Waals surface area contributed by atoms with Crippen molar-refractivity contribution in [1.82, 2.24) is 5.32 Å². The topological polar surface area (TPSA) is 49.3 Å². The summed E-state index contributed by atoms with van der Waals surface area (Å²) in [5.41, 5.74) is 0.0325. The Hall–Kier alpha value is -1.36. The Morgan fingerprint density at radius 1 is 1.60 bits per heavy atom. The fourth-order valence-corrected chi connectivity index (χ4v) is 1.11. The highest BCUT2D eigenvalue weighted by Crippen LogP contribution is 2.17. The Balaban J connectivity index is 2.78. The van der Waals surface area contributed by atoms with E-state index in [1.165, 1.54) is 6.07 Å². The third kappa shape index (κ3) is 3.36. The molecule has 0 aliphatic carbocycles. The predicted octanol–water partition coefficient (Wildman–Crippen LogP) is 2.17. The second-order valence-electron chi connectivity index (χ2n) is 2.86. The minimum absolute atomic E-state index is 0.0325. The fraction of sp³-hybridized carbons (Fsp3) is 0.100. The molecule has 1 rings (SSSR count). The van der Waals surface area contributed by atoms with E-state index in [4.69, 9.17) is 0 Å². The van der Waals surface area contributed by atoms with Crippen molar-refractivity contribution in [3.8, 4) is 5.75 Å². The monoisotopic (exact) mass is 273 g/mol. The lowest BCUT2D eigenvalue weighted by molar-refractivity contribution is 0.0955. The Morgan fingerprint density at radius 2 is 2.27 bits per heavy atom. The number of aromatic hydroxyl groups is 1. The molecule has 0 aromatic heterocycles. The summed E-state index contributed by atoms with van der Waals surface area (Å²) in [7, 11) is 0. The summed E-state index contributed by atoms with van der Waals surface area (Å²) in [5, 5.41) is 11.8. The van der Waals surface area contributed by atoms with E-state index < -0.39 is 11.7 Å². The molecule has 0 heterocycles. The molecule has 0 saturated heterocycles. The number of rotatable bonds is 3. The van der Waals surface area contributed by atoms with Gasteiger partial charge in [0.05, 0.1) is 5.56 Å². The second-order valence-corrected chi connectivity index (χ2v) is 3.98. The minimum atomic E-state index is -0.589. The zero-order valence-electron chi connectivity index (χ0n) is 7.76. The molecule has 0 atom stereocenters. The predicted molar refractivity (Wildman–Crippen MR) is 58.5 cm³/mol. The minimum Gasteiger partial charge on any atom is -0.507 e. The number of phenolic OH excluding ortho intramolecular Hbond substituents is 1. The molecule has 2 N–H and O–H groups in total. The number of benzene rings is 1. The van der Waals surface area contributed by atoms with E-state index in [2.05, 4.69) is 27.8 Å². The average molecular weight is 274 g/mol. The van der Waals surface area contributed by atoms with Gasteiger partial charge in [0.25, 0.3) is 5.91 Å². The first-order valence-electron chi connectivity index (χ1n) is 4.10. The van der Waals surface area contributed by atoms with E-state index in [9.17, 15) is 14.3 Å². The van der Waals surface area contributed by atoms with Crippen molar-refractivity contribution in [3.05, 3.63) is 40.6 Å². The summed E-state index contributed by atoms with van der Waals surface area (Å²) in [6.45, 7) is 3.78. The summed E-state index contributed by atoms with van der Waals surface area (Å²) in [4.78, 5) is 11.4. The van der Waals surface area contributed by atoms with Crippen molar-refractivity contribution < 1.29 is 14.3 Å². The zero-order valence-corrected chi connectivity index (χ0v) is 9.34. The highest BCUT2D eigenvalue weighted by atomic mass is 79.9. The maximum atomic E-state index is 12.6. The summed E-state index contributed by atoms with van der Waals surface area (Å²) in [6.07, 6.45) is 0. The summed E-state index contributed by atoms with van der Waals surface area (Å²) in [6, 6.07) is 3.21. The molecule has 0 unspecified atom stereocenters. The first kappa shape index (κ1) is 11.7. The molecular formula is C10H9BrFNO2. The molecule has 0 bridgehead atoms. The van der Waals surface area contributed by atoms with Crippen LogP contribution in [0, 0.1) is 5.82 Å². The van der Waals surface area contributed by atoms with Gasteiger partial charge in [-0.15, -0.1) is 0 Å². The lowest BCUT2D eigenvalue weighted by atomic mass is 10.2. The first-order chi connectivity index (χ1) is 7.00. The van der Waals surface area contributed by atoms with Crippen LogP contribution in [0.5, 0.6) is 5.75 Å². The molecule has 15 heavy (non-hydrogen) atoms. The lowest BCUT2D eigenvalue weighted by Crippen LogP contribution is -2.24. The first-order valence-corrected chi connectivity index (χ1v) is 4.90. The summed E-state index contributed by atoms with van der Waals surface area (Å²) < 4.78 is 13.2. The molecule has 0 fully saturated rings. The number of carbonyl (C=O) groups excluding carboxylic acids is 1. The molecular weight excluding hydrogens is 265 g/mol. The van der Waals surface area contributed by atoms with Crippen LogP contribution >= 0.6 is 15.9 Å². The molecule has 3 nitrogen and oxygen atoms in total. The second kappa shape index (κ2) is 4.93. The quantitative estimate of drug-likeness (QED) is 0.887. The molecule has 80 valence electrons. The van der Waals surface area contributed by atoms with Gasteiger partial charge in [0, 0.05) is 17.1 Å². The third-order valence-electron chi connectivity index (χ3n) is 1.65. The van der Waals surface area contributed by atoms with Crippen molar-refractivity contribution in [2.24, 2.45) is 0 Å². The number of hydrogen-bond acceptors (Lipinski definition) is 2. The van der Waals surface area contributed by atoms with Crippen molar-refractivity contribution >= 4 is 21.8 Å². The Morgan fingerprint density at radius 3 is 2.80 bits per heavy atom. The van der Waals surface area contributed by atoms with Crippen LogP contribution in [-0.4, -0.2) is 17.6 Å². The molecule has 0 spiro atoms. The maximum Gasteiger partial charge on any atom is 0.255 e. The standard InChI is InChI=1S/C10H9BrFNO2/c1-6(11)5-13-10(15)8-3-2-7(12)4-9(8)14/h2-4,14H,1,5H2,(H,13,15). The van der Waals surface area contributed by atoms with Gasteiger partial charge in [0.15, 0.2) is 0 Å². The van der Waals surface area contributed by atoms with Gasteiger partial charge in [-0.3, -0.25) is 4.79 Å². The highest BCUT2D eigenvalue weighted by molar-refractivity contribution is 9.11. The Labute approximate surface area is 94.7 Å². The maximum absolute atomic E-state index is 12.6. The van der Waals surface area contributed by atoms with Crippen LogP contribution in [0.4, 0.5) is 4.39 Å². The van der Waals surface area contributed by atoms with Crippen LogP contribution in [0.25, 0.3) is 0 Å². The van der Waals surface area contributed by atoms with Gasteiger partial charge in [-0.1, -0.05) is 22.5 Å². The molecule has 0 radical (unpaired) electrons. The molecule has 0 aliphatic heterocycles. The normalized spacial score (nSPS) is 9.73. The van der Waals surface area contributed by atoms with Gasteiger partial charge >= 0.3 is 0 Å². The van der Waals surface area contributed by atoms with Crippen LogP contribution in [0.3, 0.4) is 0 Å². The van der Waals surface area contributed by atoms with Crippen molar-refractivity contribution in [2.75, 3.05) is 6.54 Å². The molecule has 0 aliphatic rings. The van der Waals surface area contributed by atoms with Crippen LogP contribution in [-0.2, 0) is 0 Å². The smallest absolute Gasteiger partial charge is 0.255 e. The zero-order chi connectivity index (χ0) is 11.4. The van der Waals surface area contributed by atoms with Gasteiger partial charge in [-0.05, 0) is 12.1 Å². The van der Waals surface area contributed by atoms with Gasteiger partial charge < -0.3 is 10.4 Å². The molecule has 1 aromatic carbocycles. The molecule has 0 saturated carbocycles. The fourth-order valence-electron chi connectivity index (χ4n) is 0.968. The van der Waals surface area contributed by atoms with E-state index in [0.29, 0.717) is 4.48 Å². The number of carbonyl (C=O) groups is 1. The van der Waals surface area contributed by atoms with E-state index in [1.54, 1.807) is 0 Å². The van der Waals surface area contributed by atoms with E-state index >= 15 is 0 Å². The summed E-state index contributed by atoms with van der Waals surface area (Å²) >= 11 is 3.07. The van der Waals surface area contributed by atoms with Gasteiger partial charge in [-0.2, -0.15) is 0 Å². The highest BCUT2D eigenvalue weighted by Gasteiger charge is 2.10. The van der Waals surface area contributed by atoms with Crippen molar-refractivity contribution in [2.45, 2.75) is 0 Å². The Kier molecular flexibility index (Phi) is 3.85. The third-order valence-corrected chi connectivity index (χ3v) is 1.93. The van der Waals surface area contributed by atoms with Gasteiger partial charge in [0.1, 0.15) is 11.6 Å². The van der Waals surface area contributed by atoms with Crippen LogP contribution in [0.1, 0.15) is 10.4 Å². The van der Waals surface area contributed by atoms with Crippen LogP contribution in [0.15, 0.2) is 29.3 Å². The summed E-state index contributed by atoms with van der Waals surface area (Å²) in [5.74, 6) is -1.45. The van der Waals surface area contributed by atoms with E-state index in [-0.39, 0.29) is 17.9 Å². The largest absolute Gasteiger partial charge is 0.507 e. The van der Waals surface area contributed by atoms with Crippen LogP contribution in [0.2, 0.25) is 0 Å². The van der Waals surface area contributed by atoms with Crippen LogP contribution < -0.4 is 5.32 Å². The van der Waals surface area contributed by atoms with E-state index in [1.807, 2.05) is 0 Å². The number of nitrogens with one attached hydrogen (secondary N) is 1. The SMILES string of the molecule is C=C(Br)CNC(=O)c1ccc(F)cc1O. The molecule has 5 heteroatoms.